The van der Waals surface area contributed by atoms with Crippen molar-refractivity contribution < 1.29 is 9.84 Å². The molecule has 1 atom stereocenters. The van der Waals surface area contributed by atoms with E-state index in [0.29, 0.717) is 0 Å². The zero-order chi connectivity index (χ0) is 7.73. The van der Waals surface area contributed by atoms with Crippen molar-refractivity contribution in [3.8, 4) is 0 Å². The van der Waals surface area contributed by atoms with Gasteiger partial charge in [0.2, 0.25) is 0 Å². The van der Waals surface area contributed by atoms with Crippen molar-refractivity contribution in [1.29, 1.82) is 0 Å². The molecule has 2 heterocycles. The monoisotopic (exact) mass is 157 g/mol. The van der Waals surface area contributed by atoms with Crippen molar-refractivity contribution in [2.75, 3.05) is 26.3 Å². The number of ether oxygens (including phenoxy) is 1. The minimum atomic E-state index is -0.147. The smallest absolute Gasteiger partial charge is 0.0734 e. The Morgan fingerprint density at radius 1 is 1.36 bits per heavy atom. The highest BCUT2D eigenvalue weighted by Crippen LogP contribution is 2.36. The largest absolute Gasteiger partial charge is 0.391 e. The van der Waals surface area contributed by atoms with Gasteiger partial charge in [-0.05, 0) is 12.8 Å². The maximum absolute atomic E-state index is 9.69. The Kier molecular flexibility index (Phi) is 1.87. The standard InChI is InChI=1S/C8H15NO2/c10-7-5-9-6-8(7)1-3-11-4-2-8/h7,9-10H,1-6H2. The van der Waals surface area contributed by atoms with Crippen LogP contribution in [-0.2, 0) is 4.74 Å². The van der Waals surface area contributed by atoms with E-state index in [0.717, 1.165) is 39.1 Å². The first kappa shape index (κ1) is 7.53. The molecule has 0 amide bonds. The van der Waals surface area contributed by atoms with Gasteiger partial charge in [0.25, 0.3) is 0 Å². The van der Waals surface area contributed by atoms with E-state index in [2.05, 4.69) is 5.32 Å². The fraction of sp³-hybridized carbons (Fsp3) is 1.00. The molecule has 0 aromatic carbocycles. The van der Waals surface area contributed by atoms with E-state index < -0.39 is 0 Å². The lowest BCUT2D eigenvalue weighted by molar-refractivity contribution is -0.0335. The molecule has 3 heteroatoms. The van der Waals surface area contributed by atoms with E-state index >= 15 is 0 Å². The number of aliphatic hydroxyl groups excluding tert-OH is 1. The molecule has 2 N–H and O–H groups in total. The van der Waals surface area contributed by atoms with E-state index in [1.54, 1.807) is 0 Å². The van der Waals surface area contributed by atoms with E-state index in [9.17, 15) is 5.11 Å². The Morgan fingerprint density at radius 2 is 2.09 bits per heavy atom. The number of rotatable bonds is 0. The van der Waals surface area contributed by atoms with Gasteiger partial charge in [-0.3, -0.25) is 0 Å². The third kappa shape index (κ3) is 1.17. The van der Waals surface area contributed by atoms with E-state index in [1.165, 1.54) is 0 Å². The maximum atomic E-state index is 9.69. The van der Waals surface area contributed by atoms with Crippen LogP contribution in [0.1, 0.15) is 12.8 Å². The Labute approximate surface area is 66.7 Å². The van der Waals surface area contributed by atoms with E-state index in [4.69, 9.17) is 4.74 Å². The van der Waals surface area contributed by atoms with Crippen LogP contribution in [0.25, 0.3) is 0 Å². The normalized spacial score (nSPS) is 36.3. The van der Waals surface area contributed by atoms with Crippen LogP contribution in [0.15, 0.2) is 0 Å². The van der Waals surface area contributed by atoms with Crippen LogP contribution in [0.2, 0.25) is 0 Å². The predicted molar refractivity (Wildman–Crippen MR) is 41.4 cm³/mol. The second-order valence-electron chi connectivity index (χ2n) is 3.62. The summed E-state index contributed by atoms with van der Waals surface area (Å²) in [7, 11) is 0. The highest BCUT2D eigenvalue weighted by Gasteiger charge is 2.42. The van der Waals surface area contributed by atoms with Crippen LogP contribution in [0.4, 0.5) is 0 Å². The molecule has 2 aliphatic heterocycles. The average molecular weight is 157 g/mol. The summed E-state index contributed by atoms with van der Waals surface area (Å²) < 4.78 is 5.27. The van der Waals surface area contributed by atoms with Gasteiger partial charge in [0, 0.05) is 31.7 Å². The molecular weight excluding hydrogens is 142 g/mol. The summed E-state index contributed by atoms with van der Waals surface area (Å²) >= 11 is 0. The minimum absolute atomic E-state index is 0.147. The molecule has 0 aliphatic carbocycles. The van der Waals surface area contributed by atoms with Crippen molar-refractivity contribution in [2.24, 2.45) is 5.41 Å². The van der Waals surface area contributed by atoms with Gasteiger partial charge >= 0.3 is 0 Å². The second kappa shape index (κ2) is 2.73. The van der Waals surface area contributed by atoms with Gasteiger partial charge in [-0.2, -0.15) is 0 Å². The number of aliphatic hydroxyl groups is 1. The summed E-state index contributed by atoms with van der Waals surface area (Å²) in [6.45, 7) is 3.37. The third-order valence-electron chi connectivity index (χ3n) is 3.01. The van der Waals surface area contributed by atoms with Crippen molar-refractivity contribution in [3.05, 3.63) is 0 Å². The summed E-state index contributed by atoms with van der Waals surface area (Å²) in [4.78, 5) is 0. The third-order valence-corrected chi connectivity index (χ3v) is 3.01. The highest BCUT2D eigenvalue weighted by molar-refractivity contribution is 4.96. The molecule has 1 spiro atoms. The summed E-state index contributed by atoms with van der Waals surface area (Å²) in [5, 5.41) is 12.9. The topological polar surface area (TPSA) is 41.5 Å². The lowest BCUT2D eigenvalue weighted by Crippen LogP contribution is -2.39. The summed E-state index contributed by atoms with van der Waals surface area (Å²) in [6.07, 6.45) is 1.88. The highest BCUT2D eigenvalue weighted by atomic mass is 16.5. The first-order valence-corrected chi connectivity index (χ1v) is 4.30. The SMILES string of the molecule is OC1CNCC12CCOCC2. The maximum Gasteiger partial charge on any atom is 0.0734 e. The van der Waals surface area contributed by atoms with Crippen LogP contribution in [0, 0.1) is 5.41 Å². The second-order valence-corrected chi connectivity index (χ2v) is 3.62. The van der Waals surface area contributed by atoms with Gasteiger partial charge in [0.05, 0.1) is 6.10 Å². The Morgan fingerprint density at radius 3 is 2.64 bits per heavy atom. The summed E-state index contributed by atoms with van der Waals surface area (Å²) in [5.41, 5.74) is 0.151. The van der Waals surface area contributed by atoms with Crippen molar-refractivity contribution >= 4 is 0 Å². The van der Waals surface area contributed by atoms with Gasteiger partial charge < -0.3 is 15.2 Å². The molecule has 2 saturated heterocycles. The van der Waals surface area contributed by atoms with Gasteiger partial charge in [0.1, 0.15) is 0 Å². The molecule has 0 aromatic rings. The molecular formula is C8H15NO2. The Balaban J connectivity index is 2.06. The number of hydrogen-bond donors (Lipinski definition) is 2. The van der Waals surface area contributed by atoms with Crippen molar-refractivity contribution in [1.82, 2.24) is 5.32 Å². The molecule has 2 aliphatic rings. The minimum Gasteiger partial charge on any atom is -0.391 e. The first-order chi connectivity index (χ1) is 5.33. The Bertz CT molecular complexity index is 143. The molecule has 2 rings (SSSR count). The summed E-state index contributed by atoms with van der Waals surface area (Å²) in [6, 6.07) is 0. The Hall–Kier alpha value is -0.120. The molecule has 0 radical (unpaired) electrons. The molecule has 2 fully saturated rings. The van der Waals surface area contributed by atoms with E-state index in [1.807, 2.05) is 0 Å². The zero-order valence-corrected chi connectivity index (χ0v) is 6.68. The molecule has 0 saturated carbocycles. The molecule has 64 valence electrons. The fourth-order valence-electron chi connectivity index (χ4n) is 2.08. The molecule has 11 heavy (non-hydrogen) atoms. The molecule has 3 nitrogen and oxygen atoms in total. The number of β-amino-alcohol motifs (C(OH)–C–C–N with tert-alkyl or cyclic N) is 1. The average Bonchev–Trinajstić information content (AvgIpc) is 2.36. The van der Waals surface area contributed by atoms with Crippen molar-refractivity contribution in [2.45, 2.75) is 18.9 Å². The number of nitrogens with one attached hydrogen (secondary N) is 1. The first-order valence-electron chi connectivity index (χ1n) is 4.30. The van der Waals surface area contributed by atoms with E-state index in [-0.39, 0.29) is 11.5 Å². The number of hydrogen-bond acceptors (Lipinski definition) is 3. The van der Waals surface area contributed by atoms with Gasteiger partial charge in [-0.25, -0.2) is 0 Å². The predicted octanol–water partition coefficient (Wildman–Crippen LogP) is -0.253. The van der Waals surface area contributed by atoms with Crippen LogP contribution in [0.3, 0.4) is 0 Å². The quantitative estimate of drug-likeness (QED) is 0.509. The van der Waals surface area contributed by atoms with Crippen LogP contribution >= 0.6 is 0 Å². The van der Waals surface area contributed by atoms with Crippen LogP contribution < -0.4 is 5.32 Å². The lowest BCUT2D eigenvalue weighted by atomic mass is 9.78. The zero-order valence-electron chi connectivity index (χ0n) is 6.68. The van der Waals surface area contributed by atoms with Gasteiger partial charge in [0.15, 0.2) is 0 Å². The lowest BCUT2D eigenvalue weighted by Gasteiger charge is -2.35. The van der Waals surface area contributed by atoms with Crippen LogP contribution in [0.5, 0.6) is 0 Å². The molecule has 1 unspecified atom stereocenters. The van der Waals surface area contributed by atoms with Crippen molar-refractivity contribution in [3.63, 3.8) is 0 Å². The van der Waals surface area contributed by atoms with Crippen LogP contribution in [-0.4, -0.2) is 37.5 Å². The van der Waals surface area contributed by atoms with Gasteiger partial charge in [-0.15, -0.1) is 0 Å². The van der Waals surface area contributed by atoms with Gasteiger partial charge in [-0.1, -0.05) is 0 Å². The molecule has 0 aromatic heterocycles. The summed E-state index contributed by atoms with van der Waals surface area (Å²) in [5.74, 6) is 0. The fourth-order valence-corrected chi connectivity index (χ4v) is 2.08. The molecule has 0 bridgehead atoms.